The van der Waals surface area contributed by atoms with Crippen LogP contribution in [0, 0.1) is 0 Å². The molecule has 0 unspecified atom stereocenters. The first-order chi connectivity index (χ1) is 10.9. The molecule has 0 spiro atoms. The molecule has 2 aromatic rings. The summed E-state index contributed by atoms with van der Waals surface area (Å²) in [5.41, 5.74) is -0.135. The molecule has 8 heteroatoms. The highest BCUT2D eigenvalue weighted by Gasteiger charge is 2.31. The van der Waals surface area contributed by atoms with Crippen molar-refractivity contribution in [2.75, 3.05) is 18.0 Å². The number of nitrogens with one attached hydrogen (secondary N) is 1. The summed E-state index contributed by atoms with van der Waals surface area (Å²) in [4.78, 5) is 17.8. The number of carbonyl (C=O) groups is 1. The van der Waals surface area contributed by atoms with Crippen molar-refractivity contribution in [2.24, 2.45) is 0 Å². The second kappa shape index (κ2) is 6.19. The van der Waals surface area contributed by atoms with Crippen LogP contribution in [0.25, 0.3) is 0 Å². The molecule has 1 fully saturated rings. The monoisotopic (exact) mass is 341 g/mol. The molecule has 0 aliphatic carbocycles. The maximum atomic E-state index is 12.5. The summed E-state index contributed by atoms with van der Waals surface area (Å²) in [6, 6.07) is 4.11. The summed E-state index contributed by atoms with van der Waals surface area (Å²) in [6.45, 7) is 1.18. The van der Waals surface area contributed by atoms with Crippen LogP contribution < -0.4 is 10.2 Å². The van der Waals surface area contributed by atoms with Gasteiger partial charge in [-0.25, -0.2) is 4.98 Å². The molecule has 2 aromatic heterocycles. The molecule has 1 amide bonds. The van der Waals surface area contributed by atoms with Crippen LogP contribution in [0.5, 0.6) is 0 Å². The Balaban J connectivity index is 1.60. The van der Waals surface area contributed by atoms with Crippen LogP contribution in [0.3, 0.4) is 0 Å². The fourth-order valence-corrected chi connectivity index (χ4v) is 3.13. The standard InChI is InChI=1S/C15H14F3N3OS/c16-15(17,18)11-1-2-13(19-7-11)21-5-3-12(8-21)20-14(22)10-4-6-23-9-10/h1-2,4,6-7,9,12H,3,5,8H2,(H,20,22)/t12-/m1/s1. The number of pyridine rings is 1. The van der Waals surface area contributed by atoms with E-state index in [1.807, 2.05) is 10.3 Å². The Morgan fingerprint density at radius 2 is 2.17 bits per heavy atom. The van der Waals surface area contributed by atoms with Gasteiger partial charge in [-0.1, -0.05) is 0 Å². The van der Waals surface area contributed by atoms with Gasteiger partial charge in [0, 0.05) is 36.3 Å². The second-order valence-electron chi connectivity index (χ2n) is 5.32. The van der Waals surface area contributed by atoms with E-state index in [1.165, 1.54) is 17.4 Å². The van der Waals surface area contributed by atoms with E-state index in [-0.39, 0.29) is 11.9 Å². The average Bonchev–Trinajstić information content (AvgIpc) is 3.18. The van der Waals surface area contributed by atoms with Gasteiger partial charge in [0.05, 0.1) is 5.56 Å². The Kier molecular flexibility index (Phi) is 4.25. The number of thiophene rings is 1. The van der Waals surface area contributed by atoms with Gasteiger partial charge in [-0.2, -0.15) is 24.5 Å². The van der Waals surface area contributed by atoms with Crippen molar-refractivity contribution in [1.82, 2.24) is 10.3 Å². The number of amides is 1. The van der Waals surface area contributed by atoms with E-state index in [2.05, 4.69) is 10.3 Å². The Bertz CT molecular complexity index is 670. The molecule has 1 N–H and O–H groups in total. The summed E-state index contributed by atoms with van der Waals surface area (Å²) in [7, 11) is 0. The van der Waals surface area contributed by atoms with Crippen LogP contribution in [-0.4, -0.2) is 30.0 Å². The van der Waals surface area contributed by atoms with Gasteiger partial charge in [0.15, 0.2) is 0 Å². The highest BCUT2D eigenvalue weighted by atomic mass is 32.1. The molecular formula is C15H14F3N3OS. The summed E-state index contributed by atoms with van der Waals surface area (Å²) >= 11 is 1.45. The van der Waals surface area contributed by atoms with Gasteiger partial charge in [0.1, 0.15) is 5.82 Å². The predicted octanol–water partition coefficient (Wildman–Crippen LogP) is 3.17. The van der Waals surface area contributed by atoms with Crippen molar-refractivity contribution >= 4 is 23.1 Å². The quantitative estimate of drug-likeness (QED) is 0.933. The fraction of sp³-hybridized carbons (Fsp3) is 0.333. The molecule has 23 heavy (non-hydrogen) atoms. The lowest BCUT2D eigenvalue weighted by Gasteiger charge is -2.18. The zero-order valence-electron chi connectivity index (χ0n) is 12.0. The second-order valence-corrected chi connectivity index (χ2v) is 6.10. The molecule has 0 saturated carbocycles. The number of hydrogen-bond acceptors (Lipinski definition) is 4. The minimum atomic E-state index is -4.38. The number of anilines is 1. The summed E-state index contributed by atoms with van der Waals surface area (Å²) in [5.74, 6) is 0.365. The molecule has 1 atom stereocenters. The Morgan fingerprint density at radius 1 is 1.35 bits per heavy atom. The van der Waals surface area contributed by atoms with Crippen molar-refractivity contribution in [3.8, 4) is 0 Å². The molecule has 1 aliphatic heterocycles. The molecular weight excluding hydrogens is 327 g/mol. The van der Waals surface area contributed by atoms with Crippen LogP contribution in [0.15, 0.2) is 35.2 Å². The first kappa shape index (κ1) is 15.8. The maximum Gasteiger partial charge on any atom is 0.417 e. The van der Waals surface area contributed by atoms with E-state index in [0.717, 1.165) is 18.7 Å². The van der Waals surface area contributed by atoms with Crippen molar-refractivity contribution < 1.29 is 18.0 Å². The number of rotatable bonds is 3. The third-order valence-electron chi connectivity index (χ3n) is 3.71. The maximum absolute atomic E-state index is 12.5. The van der Waals surface area contributed by atoms with Gasteiger partial charge in [-0.15, -0.1) is 0 Å². The van der Waals surface area contributed by atoms with Gasteiger partial charge in [-0.3, -0.25) is 4.79 Å². The van der Waals surface area contributed by atoms with Crippen LogP contribution in [-0.2, 0) is 6.18 Å². The molecule has 1 saturated heterocycles. The molecule has 3 heterocycles. The third kappa shape index (κ3) is 3.64. The topological polar surface area (TPSA) is 45.2 Å². The van der Waals surface area contributed by atoms with E-state index in [9.17, 15) is 18.0 Å². The van der Waals surface area contributed by atoms with Gasteiger partial charge in [-0.05, 0) is 30.0 Å². The highest BCUT2D eigenvalue weighted by molar-refractivity contribution is 7.08. The number of halogens is 3. The van der Waals surface area contributed by atoms with Crippen LogP contribution in [0.1, 0.15) is 22.3 Å². The largest absolute Gasteiger partial charge is 0.417 e. The van der Waals surface area contributed by atoms with Crippen LogP contribution in [0.4, 0.5) is 19.0 Å². The third-order valence-corrected chi connectivity index (χ3v) is 4.39. The van der Waals surface area contributed by atoms with E-state index in [1.54, 1.807) is 11.4 Å². The summed E-state index contributed by atoms with van der Waals surface area (Å²) in [6.07, 6.45) is -2.81. The number of aromatic nitrogens is 1. The lowest BCUT2D eigenvalue weighted by Crippen LogP contribution is -2.37. The molecule has 4 nitrogen and oxygen atoms in total. The first-order valence-corrected chi connectivity index (χ1v) is 7.99. The van der Waals surface area contributed by atoms with Crippen molar-refractivity contribution in [2.45, 2.75) is 18.6 Å². The van der Waals surface area contributed by atoms with Crippen molar-refractivity contribution in [3.63, 3.8) is 0 Å². The predicted molar refractivity (Wildman–Crippen MR) is 81.6 cm³/mol. The number of carbonyl (C=O) groups excluding carboxylic acids is 1. The van der Waals surface area contributed by atoms with Gasteiger partial charge < -0.3 is 10.2 Å². The molecule has 122 valence electrons. The first-order valence-electron chi connectivity index (χ1n) is 7.05. The van der Waals surface area contributed by atoms with E-state index >= 15 is 0 Å². The lowest BCUT2D eigenvalue weighted by atomic mass is 10.2. The molecule has 0 bridgehead atoms. The van der Waals surface area contributed by atoms with E-state index in [4.69, 9.17) is 0 Å². The smallest absolute Gasteiger partial charge is 0.354 e. The van der Waals surface area contributed by atoms with Gasteiger partial charge in [0.2, 0.25) is 0 Å². The number of hydrogen-bond donors (Lipinski definition) is 1. The lowest BCUT2D eigenvalue weighted by molar-refractivity contribution is -0.137. The Hall–Kier alpha value is -2.09. The van der Waals surface area contributed by atoms with Crippen LogP contribution in [0.2, 0.25) is 0 Å². The normalized spacial score (nSPS) is 18.2. The van der Waals surface area contributed by atoms with E-state index in [0.29, 0.717) is 24.5 Å². The highest BCUT2D eigenvalue weighted by Crippen LogP contribution is 2.29. The molecule has 3 rings (SSSR count). The zero-order valence-corrected chi connectivity index (χ0v) is 12.8. The molecule has 0 radical (unpaired) electrons. The average molecular weight is 341 g/mol. The number of nitrogens with zero attached hydrogens (tertiary/aromatic N) is 2. The minimum absolute atomic E-state index is 0.0357. The summed E-state index contributed by atoms with van der Waals surface area (Å²) in [5, 5.41) is 6.55. The summed E-state index contributed by atoms with van der Waals surface area (Å²) < 4.78 is 37.6. The van der Waals surface area contributed by atoms with Gasteiger partial charge >= 0.3 is 6.18 Å². The van der Waals surface area contributed by atoms with Crippen molar-refractivity contribution in [3.05, 3.63) is 46.3 Å². The SMILES string of the molecule is O=C(N[C@@H]1CCN(c2ccc(C(F)(F)F)cn2)C1)c1ccsc1. The zero-order chi connectivity index (χ0) is 16.4. The molecule has 1 aliphatic rings. The van der Waals surface area contributed by atoms with Gasteiger partial charge in [0.25, 0.3) is 5.91 Å². The van der Waals surface area contributed by atoms with Crippen LogP contribution >= 0.6 is 11.3 Å². The minimum Gasteiger partial charge on any atom is -0.354 e. The van der Waals surface area contributed by atoms with Crippen molar-refractivity contribution in [1.29, 1.82) is 0 Å². The molecule has 0 aromatic carbocycles. The fourth-order valence-electron chi connectivity index (χ4n) is 2.49. The Labute approximate surface area is 135 Å². The Morgan fingerprint density at radius 3 is 2.78 bits per heavy atom. The van der Waals surface area contributed by atoms with E-state index < -0.39 is 11.7 Å². The number of alkyl halides is 3.